The molecule has 0 amide bonds. The molecule has 0 saturated heterocycles. The summed E-state index contributed by atoms with van der Waals surface area (Å²) in [6.45, 7) is 16.9. The van der Waals surface area contributed by atoms with Crippen LogP contribution in [-0.4, -0.2) is 15.2 Å². The smallest absolute Gasteiger partial charge is 0.148 e. The van der Waals surface area contributed by atoms with E-state index in [1.54, 1.807) is 38.1 Å². The molecule has 244 valence electrons. The Morgan fingerprint density at radius 1 is 0.787 bits per heavy atom. The lowest BCUT2D eigenvalue weighted by atomic mass is 9.87. The molecule has 2 aromatic heterocycles. The molecule has 0 atom stereocenters. The highest BCUT2D eigenvalue weighted by atomic mass is 19.1. The van der Waals surface area contributed by atoms with Gasteiger partial charge in [-0.3, -0.25) is 4.57 Å². The first-order valence-electron chi connectivity index (χ1n) is 19.2. The number of nitrogens with zero attached hydrogens (tertiary/aromatic N) is 2. The van der Waals surface area contributed by atoms with Gasteiger partial charge in [-0.05, 0) is 89.0 Å². The van der Waals surface area contributed by atoms with Crippen LogP contribution in [0.4, 0.5) is 4.39 Å². The first kappa shape index (κ1) is 25.9. The number of hydrogen-bond acceptors (Lipinski definition) is 2. The van der Waals surface area contributed by atoms with E-state index in [1.807, 2.05) is 101 Å². The van der Waals surface area contributed by atoms with Gasteiger partial charge in [0.1, 0.15) is 22.7 Å². The zero-order valence-electron chi connectivity index (χ0n) is 35.2. The van der Waals surface area contributed by atoms with Crippen LogP contribution in [0.5, 0.6) is 0 Å². The largest absolute Gasteiger partial charge is 0.455 e. The standard InChI is InChI=1S/C43H49FN2O/c1-25(2)32-20-36(26(3)4)40(37(21-32)27(5)6)46-24-38(28(7)8)45-42(46)35-13-11-12-34-33-19-18-31(22-39(33)47-41(34)35)30-16-14-29(15-17-30)23-43(9,10)44/h11-22,24-28H,23H2,1-10H3/i23D2,25D,26D,27D,28D. The minimum Gasteiger partial charge on any atom is -0.455 e. The summed E-state index contributed by atoms with van der Waals surface area (Å²) in [4.78, 5) is 5.07. The van der Waals surface area contributed by atoms with Crippen LogP contribution in [0.2, 0.25) is 0 Å². The van der Waals surface area contributed by atoms with Gasteiger partial charge in [0.05, 0.1) is 16.9 Å². The Hall–Kier alpha value is -4.18. The lowest BCUT2D eigenvalue weighted by molar-refractivity contribution is 0.217. The molecule has 3 nitrogen and oxygen atoms in total. The summed E-state index contributed by atoms with van der Waals surface area (Å²) in [5.41, 5.74) is 4.97. The van der Waals surface area contributed by atoms with Crippen molar-refractivity contribution in [1.82, 2.24) is 9.55 Å². The number of fused-ring (bicyclic) bond motifs is 3. The molecule has 47 heavy (non-hydrogen) atoms. The molecule has 0 bridgehead atoms. The molecule has 0 spiro atoms. The molecule has 0 aliphatic heterocycles. The highest BCUT2D eigenvalue weighted by Gasteiger charge is 2.25. The van der Waals surface area contributed by atoms with Gasteiger partial charge in [0.2, 0.25) is 0 Å². The second-order valence-corrected chi connectivity index (χ2v) is 13.9. The highest BCUT2D eigenvalue weighted by Crippen LogP contribution is 2.41. The summed E-state index contributed by atoms with van der Waals surface area (Å²) in [6.07, 6.45) is -0.316. The summed E-state index contributed by atoms with van der Waals surface area (Å²) >= 11 is 0. The quantitative estimate of drug-likeness (QED) is 0.158. The monoisotopic (exact) mass is 634 g/mol. The molecule has 0 aliphatic rings. The normalized spacial score (nSPS) is 15.6. The second kappa shape index (κ2) is 12.4. The molecule has 6 aromatic rings. The molecule has 0 fully saturated rings. The number of halogens is 1. The van der Waals surface area contributed by atoms with E-state index in [0.717, 1.165) is 21.9 Å². The predicted octanol–water partition coefficient (Wildman–Crippen LogP) is 12.9. The van der Waals surface area contributed by atoms with E-state index in [4.69, 9.17) is 14.9 Å². The van der Waals surface area contributed by atoms with Crippen molar-refractivity contribution in [2.45, 2.75) is 105 Å². The van der Waals surface area contributed by atoms with Crippen LogP contribution in [0.15, 0.2) is 83.4 Å². The van der Waals surface area contributed by atoms with Crippen molar-refractivity contribution in [1.29, 1.82) is 0 Å². The van der Waals surface area contributed by atoms with Gasteiger partial charge in [0.15, 0.2) is 0 Å². The first-order chi connectivity index (χ1) is 24.2. The molecule has 4 heteroatoms. The van der Waals surface area contributed by atoms with Crippen LogP contribution in [-0.2, 0) is 6.37 Å². The first-order valence-corrected chi connectivity index (χ1v) is 16.2. The third-order valence-electron chi connectivity index (χ3n) is 8.62. The van der Waals surface area contributed by atoms with Crippen molar-refractivity contribution >= 4 is 21.9 Å². The Labute approximate surface area is 288 Å². The summed E-state index contributed by atoms with van der Waals surface area (Å²) < 4.78 is 76.3. The average Bonchev–Trinajstić information content (AvgIpc) is 3.64. The summed E-state index contributed by atoms with van der Waals surface area (Å²) in [5, 5.41) is 1.76. The van der Waals surface area contributed by atoms with Crippen molar-refractivity contribution < 1.29 is 17.0 Å². The fraction of sp³-hybridized carbons (Fsp3) is 0.372. The molecule has 0 unspecified atom stereocenters. The predicted molar refractivity (Wildman–Crippen MR) is 197 cm³/mol. The molecule has 6 rings (SSSR count). The summed E-state index contributed by atoms with van der Waals surface area (Å²) in [7, 11) is 0. The molecule has 0 saturated carbocycles. The van der Waals surface area contributed by atoms with Gasteiger partial charge in [0.25, 0.3) is 0 Å². The topological polar surface area (TPSA) is 31.0 Å². The number of alkyl halides is 1. The second-order valence-electron chi connectivity index (χ2n) is 13.9. The van der Waals surface area contributed by atoms with E-state index >= 15 is 0 Å². The molecule has 0 N–H and O–H groups in total. The van der Waals surface area contributed by atoms with E-state index in [0.29, 0.717) is 50.6 Å². The van der Waals surface area contributed by atoms with E-state index in [2.05, 4.69) is 0 Å². The molecule has 0 aliphatic carbocycles. The molecule has 0 radical (unpaired) electrons. The number of hydrogen-bond donors (Lipinski definition) is 0. The van der Waals surface area contributed by atoms with Gasteiger partial charge in [-0.1, -0.05) is 110 Å². The van der Waals surface area contributed by atoms with Gasteiger partial charge in [-0.15, -0.1) is 0 Å². The SMILES string of the molecule is [2H]C(C)(C)c1cc(C([2H])(C)C)c(-n2cc(C([2H])(C)C)nc2-c2cccc3c2oc2cc(-c4ccc(C([2H])([2H])C(C)(C)F)cc4)ccc23)c(C([2H])(C)C)c1. The fourth-order valence-corrected chi connectivity index (χ4v) is 6.17. The van der Waals surface area contributed by atoms with E-state index in [-0.39, 0.29) is 5.56 Å². The molecular weight excluding hydrogens is 579 g/mol. The van der Waals surface area contributed by atoms with Gasteiger partial charge >= 0.3 is 0 Å². The maximum absolute atomic E-state index is 14.7. The molecular formula is C43H49FN2O. The van der Waals surface area contributed by atoms with Crippen molar-refractivity contribution in [3.05, 3.63) is 107 Å². The van der Waals surface area contributed by atoms with Crippen LogP contribution in [0, 0.1) is 0 Å². The van der Waals surface area contributed by atoms with E-state index < -0.39 is 35.6 Å². The average molecular weight is 635 g/mol. The molecule has 4 aromatic carbocycles. The maximum Gasteiger partial charge on any atom is 0.148 e. The van der Waals surface area contributed by atoms with Gasteiger partial charge < -0.3 is 4.42 Å². The maximum atomic E-state index is 14.7. The number of imidazole rings is 1. The summed E-state index contributed by atoms with van der Waals surface area (Å²) in [5.74, 6) is -3.74. The Bertz CT molecular complexity index is 2300. The van der Waals surface area contributed by atoms with Crippen LogP contribution >= 0.6 is 0 Å². The van der Waals surface area contributed by atoms with Crippen LogP contribution < -0.4 is 0 Å². The Kier molecular flexibility index (Phi) is 6.85. The van der Waals surface area contributed by atoms with Crippen LogP contribution in [0.3, 0.4) is 0 Å². The van der Waals surface area contributed by atoms with Crippen molar-refractivity contribution in [3.63, 3.8) is 0 Å². The highest BCUT2D eigenvalue weighted by molar-refractivity contribution is 6.10. The molecule has 2 heterocycles. The van der Waals surface area contributed by atoms with Crippen LogP contribution in [0.1, 0.15) is 129 Å². The Balaban J connectivity index is 1.59. The minimum absolute atomic E-state index is 0.265. The van der Waals surface area contributed by atoms with Crippen molar-refractivity contribution in [3.8, 4) is 28.2 Å². The van der Waals surface area contributed by atoms with E-state index in [1.165, 1.54) is 13.8 Å². The van der Waals surface area contributed by atoms with Gasteiger partial charge in [-0.25, -0.2) is 9.37 Å². The minimum atomic E-state index is -2.15. The number of benzene rings is 4. The zero-order valence-corrected chi connectivity index (χ0v) is 29.2. The fourth-order valence-electron chi connectivity index (χ4n) is 6.17. The van der Waals surface area contributed by atoms with Gasteiger partial charge in [-0.2, -0.15) is 0 Å². The zero-order chi connectivity index (χ0) is 39.3. The third kappa shape index (κ3) is 6.40. The van der Waals surface area contributed by atoms with Gasteiger partial charge in [0, 0.05) is 31.6 Å². The lowest BCUT2D eigenvalue weighted by Crippen LogP contribution is -2.15. The Morgan fingerprint density at radius 3 is 2.00 bits per heavy atom. The number of aromatic nitrogens is 2. The number of para-hydroxylation sites is 1. The lowest BCUT2D eigenvalue weighted by Gasteiger charge is -2.24. The Morgan fingerprint density at radius 2 is 1.43 bits per heavy atom. The van der Waals surface area contributed by atoms with Crippen LogP contribution in [0.25, 0.3) is 50.1 Å². The van der Waals surface area contributed by atoms with Crippen molar-refractivity contribution in [2.75, 3.05) is 0 Å². The number of rotatable bonds is 9. The summed E-state index contributed by atoms with van der Waals surface area (Å²) in [6, 6.07) is 22.4. The van der Waals surface area contributed by atoms with E-state index in [9.17, 15) is 7.13 Å². The number of furan rings is 1. The van der Waals surface area contributed by atoms with Crippen molar-refractivity contribution in [2.24, 2.45) is 0 Å². The third-order valence-corrected chi connectivity index (χ3v) is 8.62.